The van der Waals surface area contributed by atoms with Crippen molar-refractivity contribution in [1.29, 1.82) is 0 Å². The van der Waals surface area contributed by atoms with Crippen LogP contribution in [0.4, 0.5) is 4.79 Å². The van der Waals surface area contributed by atoms with Gasteiger partial charge in [-0.2, -0.15) is 0 Å². The standard InChI is InChI=1S/C19H29N3O2/c1-14-11-15(6-7-18(14)24-3)12-20-19(23)22-9-4-5-16-13-21(2)10-8-17(16)22/h6-7,11,16-17H,4-5,8-10,12-13H2,1-3H3,(H,20,23)/t16-,17+/m0/s1. The van der Waals surface area contributed by atoms with Crippen LogP contribution in [0, 0.1) is 12.8 Å². The molecule has 5 heteroatoms. The third-order valence-corrected chi connectivity index (χ3v) is 5.44. The number of carbonyl (C=O) groups excluding carboxylic acids is 1. The summed E-state index contributed by atoms with van der Waals surface area (Å²) in [6.07, 6.45) is 3.46. The summed E-state index contributed by atoms with van der Waals surface area (Å²) in [5.74, 6) is 1.52. The third kappa shape index (κ3) is 3.66. The van der Waals surface area contributed by atoms with Crippen LogP contribution in [-0.4, -0.2) is 55.7 Å². The van der Waals surface area contributed by atoms with Crippen molar-refractivity contribution < 1.29 is 9.53 Å². The van der Waals surface area contributed by atoms with Gasteiger partial charge in [0.05, 0.1) is 7.11 Å². The first-order valence-corrected chi connectivity index (χ1v) is 8.95. The minimum absolute atomic E-state index is 0.0859. The van der Waals surface area contributed by atoms with Crippen LogP contribution in [0.15, 0.2) is 18.2 Å². The lowest BCUT2D eigenvalue weighted by Gasteiger charge is -2.46. The Hall–Kier alpha value is -1.75. The average Bonchev–Trinajstić information content (AvgIpc) is 2.59. The number of likely N-dealkylation sites (tertiary alicyclic amines) is 2. The molecule has 0 radical (unpaired) electrons. The monoisotopic (exact) mass is 331 g/mol. The summed E-state index contributed by atoms with van der Waals surface area (Å²) >= 11 is 0. The molecule has 0 unspecified atom stereocenters. The summed E-state index contributed by atoms with van der Waals surface area (Å²) in [6, 6.07) is 6.55. The van der Waals surface area contributed by atoms with Crippen molar-refractivity contribution in [1.82, 2.24) is 15.1 Å². The Kier molecular flexibility index (Phi) is 5.29. The number of methoxy groups -OCH3 is 1. The molecule has 0 spiro atoms. The number of piperidine rings is 2. The fraction of sp³-hybridized carbons (Fsp3) is 0.632. The van der Waals surface area contributed by atoms with E-state index in [2.05, 4.69) is 28.2 Å². The van der Waals surface area contributed by atoms with Crippen molar-refractivity contribution in [2.45, 2.75) is 38.8 Å². The molecule has 132 valence electrons. The molecule has 0 saturated carbocycles. The lowest BCUT2D eigenvalue weighted by molar-refractivity contribution is 0.0532. The molecule has 2 fully saturated rings. The maximum atomic E-state index is 12.7. The summed E-state index contributed by atoms with van der Waals surface area (Å²) in [6.45, 7) is 5.68. The zero-order valence-corrected chi connectivity index (χ0v) is 15.0. The molecule has 3 rings (SSSR count). The normalized spacial score (nSPS) is 24.4. The first-order chi connectivity index (χ1) is 11.6. The molecule has 2 atom stereocenters. The minimum atomic E-state index is 0.0859. The molecule has 1 aromatic rings. The molecule has 2 heterocycles. The number of hydrogen-bond acceptors (Lipinski definition) is 3. The Labute approximate surface area is 145 Å². The van der Waals surface area contributed by atoms with Gasteiger partial charge in [0.25, 0.3) is 0 Å². The van der Waals surface area contributed by atoms with Gasteiger partial charge in [-0.25, -0.2) is 4.79 Å². The minimum Gasteiger partial charge on any atom is -0.496 e. The van der Waals surface area contributed by atoms with Crippen LogP contribution in [0.1, 0.15) is 30.4 Å². The Morgan fingerprint density at radius 1 is 1.33 bits per heavy atom. The molecule has 1 aromatic carbocycles. The predicted molar refractivity (Wildman–Crippen MR) is 95.3 cm³/mol. The van der Waals surface area contributed by atoms with Crippen LogP contribution < -0.4 is 10.1 Å². The maximum absolute atomic E-state index is 12.7. The molecular weight excluding hydrogens is 302 g/mol. The van der Waals surface area contributed by atoms with Gasteiger partial charge in [0, 0.05) is 25.7 Å². The quantitative estimate of drug-likeness (QED) is 0.926. The van der Waals surface area contributed by atoms with Crippen LogP contribution in [0.5, 0.6) is 5.75 Å². The number of rotatable bonds is 3. The first kappa shape index (κ1) is 17.1. The summed E-state index contributed by atoms with van der Waals surface area (Å²) in [5.41, 5.74) is 2.20. The molecule has 2 aliphatic rings. The highest BCUT2D eigenvalue weighted by molar-refractivity contribution is 5.74. The largest absolute Gasteiger partial charge is 0.496 e. The molecular formula is C19H29N3O2. The number of nitrogens with zero attached hydrogens (tertiary/aromatic N) is 2. The summed E-state index contributed by atoms with van der Waals surface area (Å²) < 4.78 is 5.29. The van der Waals surface area contributed by atoms with E-state index in [0.29, 0.717) is 18.5 Å². The third-order valence-electron chi connectivity index (χ3n) is 5.44. The second-order valence-electron chi connectivity index (χ2n) is 7.18. The van der Waals surface area contributed by atoms with Gasteiger partial charge in [-0.15, -0.1) is 0 Å². The summed E-state index contributed by atoms with van der Waals surface area (Å²) in [4.78, 5) is 17.2. The van der Waals surface area contributed by atoms with E-state index in [0.717, 1.165) is 49.4 Å². The highest BCUT2D eigenvalue weighted by Gasteiger charge is 2.37. The van der Waals surface area contributed by atoms with Crippen LogP contribution in [0.3, 0.4) is 0 Å². The van der Waals surface area contributed by atoms with E-state index in [1.54, 1.807) is 7.11 Å². The molecule has 1 N–H and O–H groups in total. The first-order valence-electron chi connectivity index (χ1n) is 8.95. The highest BCUT2D eigenvalue weighted by Crippen LogP contribution is 2.30. The lowest BCUT2D eigenvalue weighted by Crippen LogP contribution is -2.57. The number of benzene rings is 1. The maximum Gasteiger partial charge on any atom is 0.317 e. The molecule has 0 bridgehead atoms. The molecule has 0 aliphatic carbocycles. The number of hydrogen-bond donors (Lipinski definition) is 1. The second-order valence-corrected chi connectivity index (χ2v) is 7.18. The Balaban J connectivity index is 1.59. The molecule has 2 amide bonds. The van der Waals surface area contributed by atoms with E-state index in [9.17, 15) is 4.79 Å². The van der Waals surface area contributed by atoms with E-state index in [-0.39, 0.29) is 6.03 Å². The number of ether oxygens (including phenoxy) is 1. The molecule has 0 aromatic heterocycles. The fourth-order valence-corrected chi connectivity index (χ4v) is 4.17. The lowest BCUT2D eigenvalue weighted by atomic mass is 9.84. The van der Waals surface area contributed by atoms with Crippen molar-refractivity contribution in [2.24, 2.45) is 5.92 Å². The number of carbonyl (C=O) groups is 1. The number of urea groups is 1. The molecule has 5 nitrogen and oxygen atoms in total. The fourth-order valence-electron chi connectivity index (χ4n) is 4.17. The van der Waals surface area contributed by atoms with Gasteiger partial charge < -0.3 is 19.9 Å². The Morgan fingerprint density at radius 3 is 2.92 bits per heavy atom. The van der Waals surface area contributed by atoms with Gasteiger partial charge in [-0.05, 0) is 62.9 Å². The zero-order valence-electron chi connectivity index (χ0n) is 15.0. The van der Waals surface area contributed by atoms with Gasteiger partial charge in [0.2, 0.25) is 0 Å². The van der Waals surface area contributed by atoms with Crippen molar-refractivity contribution in [2.75, 3.05) is 33.8 Å². The van der Waals surface area contributed by atoms with Crippen LogP contribution >= 0.6 is 0 Å². The molecule has 2 aliphatic heterocycles. The smallest absolute Gasteiger partial charge is 0.317 e. The SMILES string of the molecule is COc1ccc(CNC(=O)N2CCC[C@H]3CN(C)CC[C@H]32)cc1C. The second kappa shape index (κ2) is 7.43. The van der Waals surface area contributed by atoms with E-state index in [1.165, 1.54) is 6.42 Å². The van der Waals surface area contributed by atoms with E-state index in [4.69, 9.17) is 4.74 Å². The average molecular weight is 331 g/mol. The van der Waals surface area contributed by atoms with Crippen LogP contribution in [0.2, 0.25) is 0 Å². The van der Waals surface area contributed by atoms with Crippen LogP contribution in [-0.2, 0) is 6.54 Å². The van der Waals surface area contributed by atoms with Gasteiger partial charge >= 0.3 is 6.03 Å². The van der Waals surface area contributed by atoms with E-state index in [1.807, 2.05) is 19.1 Å². The topological polar surface area (TPSA) is 44.8 Å². The van der Waals surface area contributed by atoms with Gasteiger partial charge in [-0.1, -0.05) is 12.1 Å². The van der Waals surface area contributed by atoms with Gasteiger partial charge in [-0.3, -0.25) is 0 Å². The number of aryl methyl sites for hydroxylation is 1. The van der Waals surface area contributed by atoms with Crippen molar-refractivity contribution in [3.63, 3.8) is 0 Å². The molecule has 24 heavy (non-hydrogen) atoms. The zero-order chi connectivity index (χ0) is 17.1. The van der Waals surface area contributed by atoms with E-state index >= 15 is 0 Å². The Morgan fingerprint density at radius 2 is 2.17 bits per heavy atom. The van der Waals surface area contributed by atoms with Gasteiger partial charge in [0.15, 0.2) is 0 Å². The highest BCUT2D eigenvalue weighted by atomic mass is 16.5. The summed E-state index contributed by atoms with van der Waals surface area (Å²) in [5, 5.41) is 3.11. The van der Waals surface area contributed by atoms with Gasteiger partial charge in [0.1, 0.15) is 5.75 Å². The van der Waals surface area contributed by atoms with Crippen molar-refractivity contribution in [3.8, 4) is 5.75 Å². The van der Waals surface area contributed by atoms with Crippen molar-refractivity contribution >= 4 is 6.03 Å². The molecule has 2 saturated heterocycles. The number of amides is 2. The number of fused-ring (bicyclic) bond motifs is 1. The van der Waals surface area contributed by atoms with Crippen LogP contribution in [0.25, 0.3) is 0 Å². The van der Waals surface area contributed by atoms with E-state index < -0.39 is 0 Å². The summed E-state index contributed by atoms with van der Waals surface area (Å²) in [7, 11) is 3.86. The Bertz CT molecular complexity index is 590. The van der Waals surface area contributed by atoms with Crippen molar-refractivity contribution in [3.05, 3.63) is 29.3 Å². The predicted octanol–water partition coefficient (Wildman–Crippen LogP) is 2.63. The number of nitrogens with one attached hydrogen (secondary N) is 1.